The van der Waals surface area contributed by atoms with Crippen molar-refractivity contribution in [3.8, 4) is 0 Å². The van der Waals surface area contributed by atoms with Gasteiger partial charge < -0.3 is 0 Å². The second kappa shape index (κ2) is 4.49. The molecular weight excluding hydrogens is 275 g/mol. The van der Waals surface area contributed by atoms with Crippen LogP contribution < -0.4 is 5.43 Å². The molecule has 0 fully saturated rings. The van der Waals surface area contributed by atoms with Gasteiger partial charge in [-0.25, -0.2) is 4.39 Å². The van der Waals surface area contributed by atoms with E-state index < -0.39 is 11.7 Å². The summed E-state index contributed by atoms with van der Waals surface area (Å²) in [6.07, 6.45) is 3.32. The molecule has 1 N–H and O–H groups in total. The van der Waals surface area contributed by atoms with Gasteiger partial charge in [-0.05, 0) is 40.2 Å². The first kappa shape index (κ1) is 10.9. The fraction of sp³-hybridized carbons (Fsp3) is 0. The zero-order chi connectivity index (χ0) is 11.5. The van der Waals surface area contributed by atoms with Crippen LogP contribution in [0.25, 0.3) is 0 Å². The molecule has 82 valence electrons. The van der Waals surface area contributed by atoms with Crippen LogP contribution in [-0.2, 0) is 0 Å². The van der Waals surface area contributed by atoms with Crippen LogP contribution in [0.3, 0.4) is 0 Å². The number of aromatic nitrogens is 1. The molecule has 0 aliphatic carbocycles. The van der Waals surface area contributed by atoms with E-state index in [1.165, 1.54) is 10.7 Å². The number of rotatable bonds is 2. The molecule has 1 aromatic heterocycles. The number of hydrogen-bond donors (Lipinski definition) is 1. The first-order chi connectivity index (χ1) is 7.68. The summed E-state index contributed by atoms with van der Waals surface area (Å²) in [5.41, 5.74) is 2.53. The van der Waals surface area contributed by atoms with Gasteiger partial charge in [0.2, 0.25) is 0 Å². The van der Waals surface area contributed by atoms with Crippen molar-refractivity contribution in [1.82, 2.24) is 4.68 Å². The summed E-state index contributed by atoms with van der Waals surface area (Å²) in [6, 6.07) is 8.10. The Labute approximate surface area is 100.0 Å². The van der Waals surface area contributed by atoms with E-state index in [0.29, 0.717) is 0 Å². The van der Waals surface area contributed by atoms with Gasteiger partial charge in [0.15, 0.2) is 0 Å². The van der Waals surface area contributed by atoms with Crippen LogP contribution in [0.15, 0.2) is 47.2 Å². The van der Waals surface area contributed by atoms with Crippen LogP contribution in [-0.4, -0.2) is 10.6 Å². The molecule has 3 nitrogen and oxygen atoms in total. The molecule has 0 saturated carbocycles. The van der Waals surface area contributed by atoms with Crippen molar-refractivity contribution in [2.24, 2.45) is 0 Å². The van der Waals surface area contributed by atoms with E-state index in [-0.39, 0.29) is 10.0 Å². The van der Waals surface area contributed by atoms with Gasteiger partial charge in [0.25, 0.3) is 5.91 Å². The van der Waals surface area contributed by atoms with E-state index in [0.717, 1.165) is 0 Å². The standard InChI is InChI=1S/C11H8BrFN2O/c12-9-5-3-4-8(10(9)13)11(16)14-15-6-1-2-7-15/h1-7H,(H,14,16). The lowest BCUT2D eigenvalue weighted by Crippen LogP contribution is -2.22. The molecule has 1 heterocycles. The third-order valence-corrected chi connectivity index (χ3v) is 2.64. The molecule has 0 spiro atoms. The van der Waals surface area contributed by atoms with E-state index in [4.69, 9.17) is 0 Å². The monoisotopic (exact) mass is 282 g/mol. The van der Waals surface area contributed by atoms with E-state index in [9.17, 15) is 9.18 Å². The number of halogens is 2. The van der Waals surface area contributed by atoms with Crippen LogP contribution in [0, 0.1) is 5.82 Å². The molecule has 0 aliphatic rings. The Balaban J connectivity index is 2.24. The number of amides is 1. The Morgan fingerprint density at radius 2 is 1.94 bits per heavy atom. The van der Waals surface area contributed by atoms with Crippen molar-refractivity contribution < 1.29 is 9.18 Å². The van der Waals surface area contributed by atoms with E-state index >= 15 is 0 Å². The highest BCUT2D eigenvalue weighted by Crippen LogP contribution is 2.18. The summed E-state index contributed by atoms with van der Waals surface area (Å²) >= 11 is 3.03. The molecule has 2 rings (SSSR count). The third kappa shape index (κ3) is 2.14. The first-order valence-electron chi connectivity index (χ1n) is 4.57. The lowest BCUT2D eigenvalue weighted by molar-refractivity contribution is 0.100. The van der Waals surface area contributed by atoms with E-state index in [2.05, 4.69) is 21.4 Å². The Bertz CT molecular complexity index is 511. The third-order valence-electron chi connectivity index (χ3n) is 2.03. The highest BCUT2D eigenvalue weighted by Gasteiger charge is 2.13. The largest absolute Gasteiger partial charge is 0.273 e. The molecule has 0 aliphatic heterocycles. The zero-order valence-electron chi connectivity index (χ0n) is 8.15. The minimum Gasteiger partial charge on any atom is -0.268 e. The average Bonchev–Trinajstić information content (AvgIpc) is 2.74. The highest BCUT2D eigenvalue weighted by atomic mass is 79.9. The fourth-order valence-corrected chi connectivity index (χ4v) is 1.63. The lowest BCUT2D eigenvalue weighted by Gasteiger charge is -2.07. The van der Waals surface area contributed by atoms with E-state index in [1.54, 1.807) is 36.7 Å². The van der Waals surface area contributed by atoms with Gasteiger partial charge in [-0.2, -0.15) is 0 Å². The Hall–Kier alpha value is -1.62. The van der Waals surface area contributed by atoms with Crippen LogP contribution in [0.4, 0.5) is 4.39 Å². The van der Waals surface area contributed by atoms with Crippen molar-refractivity contribution in [2.45, 2.75) is 0 Å². The SMILES string of the molecule is O=C(Nn1cccc1)c1cccc(Br)c1F. The maximum Gasteiger partial charge on any atom is 0.273 e. The average molecular weight is 283 g/mol. The van der Waals surface area contributed by atoms with Gasteiger partial charge in [-0.1, -0.05) is 6.07 Å². The minimum absolute atomic E-state index is 0.00285. The van der Waals surface area contributed by atoms with Crippen molar-refractivity contribution in [3.63, 3.8) is 0 Å². The molecule has 5 heteroatoms. The number of hydrogen-bond acceptors (Lipinski definition) is 1. The molecule has 0 bridgehead atoms. The predicted molar refractivity (Wildman–Crippen MR) is 62.2 cm³/mol. The summed E-state index contributed by atoms with van der Waals surface area (Å²) in [7, 11) is 0. The quantitative estimate of drug-likeness (QED) is 0.903. The Kier molecular flexibility index (Phi) is 3.05. The molecule has 0 radical (unpaired) electrons. The van der Waals surface area contributed by atoms with Gasteiger partial charge in [-0.15, -0.1) is 0 Å². The van der Waals surface area contributed by atoms with E-state index in [1.807, 2.05) is 0 Å². The minimum atomic E-state index is -0.563. The van der Waals surface area contributed by atoms with Crippen LogP contribution >= 0.6 is 15.9 Å². The molecule has 16 heavy (non-hydrogen) atoms. The lowest BCUT2D eigenvalue weighted by atomic mass is 10.2. The maximum atomic E-state index is 13.6. The maximum absolute atomic E-state index is 13.6. The van der Waals surface area contributed by atoms with Gasteiger partial charge in [0.1, 0.15) is 5.82 Å². The molecule has 0 unspecified atom stereocenters. The second-order valence-corrected chi connectivity index (χ2v) is 3.99. The Morgan fingerprint density at radius 3 is 2.62 bits per heavy atom. The van der Waals surface area contributed by atoms with Gasteiger partial charge in [-0.3, -0.25) is 14.9 Å². The van der Waals surface area contributed by atoms with Crippen molar-refractivity contribution in [3.05, 3.63) is 58.6 Å². The molecule has 2 aromatic rings. The van der Waals surface area contributed by atoms with Crippen LogP contribution in [0.5, 0.6) is 0 Å². The van der Waals surface area contributed by atoms with Crippen LogP contribution in [0.1, 0.15) is 10.4 Å². The zero-order valence-corrected chi connectivity index (χ0v) is 9.74. The highest BCUT2D eigenvalue weighted by molar-refractivity contribution is 9.10. The molecule has 0 saturated heterocycles. The van der Waals surface area contributed by atoms with Crippen molar-refractivity contribution in [1.29, 1.82) is 0 Å². The molecule has 0 atom stereocenters. The first-order valence-corrected chi connectivity index (χ1v) is 5.36. The van der Waals surface area contributed by atoms with Crippen LogP contribution in [0.2, 0.25) is 0 Å². The number of carbonyl (C=O) groups is 1. The Morgan fingerprint density at radius 1 is 1.25 bits per heavy atom. The number of carbonyl (C=O) groups excluding carboxylic acids is 1. The fourth-order valence-electron chi connectivity index (χ4n) is 1.27. The number of nitrogens with one attached hydrogen (secondary N) is 1. The summed E-state index contributed by atoms with van der Waals surface area (Å²) in [5, 5.41) is 0. The van der Waals surface area contributed by atoms with Crippen molar-refractivity contribution >= 4 is 21.8 Å². The smallest absolute Gasteiger partial charge is 0.268 e. The summed E-state index contributed by atoms with van der Waals surface area (Å²) in [4.78, 5) is 11.7. The van der Waals surface area contributed by atoms with Gasteiger partial charge >= 0.3 is 0 Å². The topological polar surface area (TPSA) is 34.0 Å². The molecule has 1 aromatic carbocycles. The van der Waals surface area contributed by atoms with Gasteiger partial charge in [0, 0.05) is 12.4 Å². The normalized spacial score (nSPS) is 10.1. The van der Waals surface area contributed by atoms with Crippen molar-refractivity contribution in [2.75, 3.05) is 5.43 Å². The predicted octanol–water partition coefficient (Wildman–Crippen LogP) is 2.77. The molecular formula is C11H8BrFN2O. The number of benzene rings is 1. The second-order valence-electron chi connectivity index (χ2n) is 3.13. The summed E-state index contributed by atoms with van der Waals surface area (Å²) < 4.78 is 15.3. The number of nitrogens with zero attached hydrogens (tertiary/aromatic N) is 1. The summed E-state index contributed by atoms with van der Waals surface area (Å²) in [5.74, 6) is -1.05. The molecule has 1 amide bonds. The summed E-state index contributed by atoms with van der Waals surface area (Å²) in [6.45, 7) is 0. The van der Waals surface area contributed by atoms with Gasteiger partial charge in [0.05, 0.1) is 10.0 Å².